The maximum Gasteiger partial charge on any atom is 0.217 e. The molecular weight excluding hydrogens is 348 g/mol. The van der Waals surface area contributed by atoms with Gasteiger partial charge in [0.15, 0.2) is 0 Å². The Kier molecular flexibility index (Phi) is 7.00. The van der Waals surface area contributed by atoms with E-state index in [9.17, 15) is 0 Å². The van der Waals surface area contributed by atoms with Crippen molar-refractivity contribution >= 4 is 0 Å². The predicted molar refractivity (Wildman–Crippen MR) is 112 cm³/mol. The molecule has 3 rings (SSSR count). The Labute approximate surface area is 169 Å². The third kappa shape index (κ3) is 5.51. The van der Waals surface area contributed by atoms with Crippen LogP contribution in [0.2, 0.25) is 0 Å². The monoisotopic (exact) mass is 382 g/mol. The molecular formula is C23H34N4O. The first-order valence-corrected chi connectivity index (χ1v) is 10.5. The Balaban J connectivity index is 1.62. The molecule has 3 atom stereocenters. The summed E-state index contributed by atoms with van der Waals surface area (Å²) >= 11 is 0. The highest BCUT2D eigenvalue weighted by molar-refractivity contribution is 5.14. The number of likely N-dealkylation sites (N-methyl/N-ethyl adjacent to an activating group) is 1. The number of aryl methyl sites for hydroxylation is 1. The Morgan fingerprint density at radius 1 is 1.21 bits per heavy atom. The third-order valence-corrected chi connectivity index (χ3v) is 6.07. The quantitative estimate of drug-likeness (QED) is 0.636. The number of nitrogens with zero attached hydrogens (tertiary/aromatic N) is 4. The lowest BCUT2D eigenvalue weighted by molar-refractivity contribution is 0.176. The van der Waals surface area contributed by atoms with Gasteiger partial charge in [-0.15, -0.1) is 10.2 Å². The minimum atomic E-state index is 0.502. The number of pyridine rings is 1. The van der Waals surface area contributed by atoms with Crippen LogP contribution in [-0.2, 0) is 12.8 Å². The first-order valence-electron chi connectivity index (χ1n) is 10.5. The minimum absolute atomic E-state index is 0.502. The SMILES string of the molecule is CC1=C[C@@H](CN(C)CCc2ccccn2)[C@H](C(C)C)C[C@@H]1Cc1nnc(C)o1. The van der Waals surface area contributed by atoms with E-state index >= 15 is 0 Å². The number of hydrogen-bond donors (Lipinski definition) is 0. The van der Waals surface area contributed by atoms with Gasteiger partial charge in [0.25, 0.3) is 0 Å². The van der Waals surface area contributed by atoms with Gasteiger partial charge in [0.1, 0.15) is 0 Å². The molecule has 0 saturated carbocycles. The molecule has 2 aromatic heterocycles. The summed E-state index contributed by atoms with van der Waals surface area (Å²) in [5.74, 6) is 3.85. The van der Waals surface area contributed by atoms with Gasteiger partial charge >= 0.3 is 0 Å². The smallest absolute Gasteiger partial charge is 0.217 e. The molecule has 1 aliphatic carbocycles. The van der Waals surface area contributed by atoms with Crippen LogP contribution >= 0.6 is 0 Å². The van der Waals surface area contributed by atoms with E-state index in [1.807, 2.05) is 19.2 Å². The summed E-state index contributed by atoms with van der Waals surface area (Å²) in [4.78, 5) is 6.90. The molecule has 5 nitrogen and oxygen atoms in total. The Bertz CT molecular complexity index is 768. The lowest BCUT2D eigenvalue weighted by Crippen LogP contribution is -2.36. The Hall–Kier alpha value is -2.01. The van der Waals surface area contributed by atoms with Crippen LogP contribution in [0.15, 0.2) is 40.5 Å². The van der Waals surface area contributed by atoms with Gasteiger partial charge < -0.3 is 9.32 Å². The molecule has 0 unspecified atom stereocenters. The van der Waals surface area contributed by atoms with Crippen molar-refractivity contribution in [1.82, 2.24) is 20.1 Å². The molecule has 0 saturated heterocycles. The van der Waals surface area contributed by atoms with Crippen molar-refractivity contribution in [1.29, 1.82) is 0 Å². The van der Waals surface area contributed by atoms with Crippen LogP contribution in [0.1, 0.15) is 44.7 Å². The summed E-state index contributed by atoms with van der Waals surface area (Å²) in [6.45, 7) is 11.0. The van der Waals surface area contributed by atoms with Crippen LogP contribution < -0.4 is 0 Å². The highest BCUT2D eigenvalue weighted by Gasteiger charge is 2.32. The van der Waals surface area contributed by atoms with E-state index in [4.69, 9.17) is 4.42 Å². The van der Waals surface area contributed by atoms with Crippen LogP contribution in [0.25, 0.3) is 0 Å². The van der Waals surface area contributed by atoms with Crippen molar-refractivity contribution in [2.24, 2.45) is 23.7 Å². The molecule has 2 aromatic rings. The van der Waals surface area contributed by atoms with E-state index in [-0.39, 0.29) is 0 Å². The van der Waals surface area contributed by atoms with Gasteiger partial charge in [0.05, 0.1) is 0 Å². The van der Waals surface area contributed by atoms with Gasteiger partial charge in [-0.2, -0.15) is 0 Å². The maximum absolute atomic E-state index is 5.63. The van der Waals surface area contributed by atoms with E-state index in [1.165, 1.54) is 17.7 Å². The number of rotatable bonds is 8. The number of hydrogen-bond acceptors (Lipinski definition) is 5. The zero-order valence-corrected chi connectivity index (χ0v) is 17.9. The average molecular weight is 383 g/mol. The summed E-state index contributed by atoms with van der Waals surface area (Å²) in [6, 6.07) is 6.15. The van der Waals surface area contributed by atoms with Crippen molar-refractivity contribution in [3.8, 4) is 0 Å². The van der Waals surface area contributed by atoms with E-state index in [0.29, 0.717) is 29.6 Å². The first-order chi connectivity index (χ1) is 13.4. The lowest BCUT2D eigenvalue weighted by Gasteiger charge is -2.38. The molecule has 0 aliphatic heterocycles. The highest BCUT2D eigenvalue weighted by Crippen LogP contribution is 2.39. The van der Waals surface area contributed by atoms with Crippen LogP contribution in [0.5, 0.6) is 0 Å². The Morgan fingerprint density at radius 3 is 2.68 bits per heavy atom. The summed E-state index contributed by atoms with van der Waals surface area (Å²) in [5, 5.41) is 8.19. The molecule has 0 spiro atoms. The zero-order chi connectivity index (χ0) is 20.1. The van der Waals surface area contributed by atoms with Crippen LogP contribution in [-0.4, -0.2) is 40.2 Å². The van der Waals surface area contributed by atoms with Crippen molar-refractivity contribution in [3.05, 3.63) is 53.5 Å². The number of allylic oxidation sites excluding steroid dienone is 1. The molecule has 0 N–H and O–H groups in total. The molecule has 0 aromatic carbocycles. The fourth-order valence-corrected chi connectivity index (χ4v) is 4.42. The van der Waals surface area contributed by atoms with Gasteiger partial charge in [0, 0.05) is 44.7 Å². The minimum Gasteiger partial charge on any atom is -0.426 e. The average Bonchev–Trinajstić information content (AvgIpc) is 3.07. The summed E-state index contributed by atoms with van der Waals surface area (Å²) in [6.07, 6.45) is 7.44. The van der Waals surface area contributed by atoms with Gasteiger partial charge in [-0.3, -0.25) is 4.98 Å². The van der Waals surface area contributed by atoms with E-state index in [2.05, 4.69) is 66.1 Å². The van der Waals surface area contributed by atoms with E-state index in [1.54, 1.807) is 0 Å². The summed E-state index contributed by atoms with van der Waals surface area (Å²) in [5.41, 5.74) is 2.64. The molecule has 5 heteroatoms. The van der Waals surface area contributed by atoms with Gasteiger partial charge in [-0.1, -0.05) is 31.6 Å². The van der Waals surface area contributed by atoms with Crippen molar-refractivity contribution in [2.45, 2.75) is 47.0 Å². The number of aromatic nitrogens is 3. The second-order valence-electron chi connectivity index (χ2n) is 8.67. The normalized spacial score (nSPS) is 22.7. The van der Waals surface area contributed by atoms with Crippen LogP contribution in [0.4, 0.5) is 0 Å². The predicted octanol–water partition coefficient (Wildman–Crippen LogP) is 4.34. The van der Waals surface area contributed by atoms with E-state index < -0.39 is 0 Å². The molecule has 2 heterocycles. The van der Waals surface area contributed by atoms with Gasteiger partial charge in [-0.05, 0) is 56.2 Å². The lowest BCUT2D eigenvalue weighted by atomic mass is 9.69. The molecule has 1 aliphatic rings. The van der Waals surface area contributed by atoms with Crippen molar-refractivity contribution < 1.29 is 4.42 Å². The van der Waals surface area contributed by atoms with Gasteiger partial charge in [-0.25, -0.2) is 0 Å². The van der Waals surface area contributed by atoms with Crippen LogP contribution in [0.3, 0.4) is 0 Å². The fraction of sp³-hybridized carbons (Fsp3) is 0.609. The molecule has 0 radical (unpaired) electrons. The zero-order valence-electron chi connectivity index (χ0n) is 17.9. The fourth-order valence-electron chi connectivity index (χ4n) is 4.42. The third-order valence-electron chi connectivity index (χ3n) is 6.07. The molecule has 152 valence electrons. The Morgan fingerprint density at radius 2 is 2.04 bits per heavy atom. The van der Waals surface area contributed by atoms with Crippen molar-refractivity contribution in [2.75, 3.05) is 20.1 Å². The maximum atomic E-state index is 5.63. The molecule has 28 heavy (non-hydrogen) atoms. The van der Waals surface area contributed by atoms with Gasteiger partial charge in [0.2, 0.25) is 11.8 Å². The largest absolute Gasteiger partial charge is 0.426 e. The molecule has 0 bridgehead atoms. The second-order valence-corrected chi connectivity index (χ2v) is 8.67. The van der Waals surface area contributed by atoms with Crippen LogP contribution in [0, 0.1) is 30.6 Å². The van der Waals surface area contributed by atoms with Crippen molar-refractivity contribution in [3.63, 3.8) is 0 Å². The topological polar surface area (TPSA) is 55.1 Å². The molecule has 0 fully saturated rings. The summed E-state index contributed by atoms with van der Waals surface area (Å²) in [7, 11) is 2.23. The van der Waals surface area contributed by atoms with E-state index in [0.717, 1.165) is 31.8 Å². The first kappa shape index (κ1) is 20.7. The molecule has 0 amide bonds. The standard InChI is InChI=1S/C23H34N4O/c1-16(2)22-13-19(14-23-26-25-18(4)28-23)17(3)12-20(22)15-27(5)11-9-21-8-6-7-10-24-21/h6-8,10,12,16,19-20,22H,9,11,13-15H2,1-5H3/t19-,20+,22+/m1/s1. The second kappa shape index (κ2) is 9.46. The summed E-state index contributed by atoms with van der Waals surface area (Å²) < 4.78 is 5.63. The highest BCUT2D eigenvalue weighted by atomic mass is 16.4.